The van der Waals surface area contributed by atoms with Gasteiger partial charge in [0, 0.05) is 22.2 Å². The number of amides is 1. The molecule has 0 unspecified atom stereocenters. The van der Waals surface area contributed by atoms with Crippen LogP contribution in [-0.2, 0) is 0 Å². The van der Waals surface area contributed by atoms with Crippen molar-refractivity contribution >= 4 is 38.9 Å². The number of fused-ring (bicyclic) bond motifs is 1. The lowest BCUT2D eigenvalue weighted by molar-refractivity contribution is 0.0649. The third-order valence-corrected chi connectivity index (χ3v) is 4.74. The van der Waals surface area contributed by atoms with Gasteiger partial charge in [0.2, 0.25) is 0 Å². The van der Waals surface area contributed by atoms with Gasteiger partial charge in [0.1, 0.15) is 4.88 Å². The minimum Gasteiger partial charge on any atom is -0.333 e. The zero-order valence-corrected chi connectivity index (χ0v) is 13.2. The molecule has 1 heterocycles. The van der Waals surface area contributed by atoms with Gasteiger partial charge < -0.3 is 4.90 Å². The van der Waals surface area contributed by atoms with E-state index in [1.54, 1.807) is 0 Å². The highest BCUT2D eigenvalue weighted by Gasteiger charge is 2.26. The van der Waals surface area contributed by atoms with Gasteiger partial charge in [-0.1, -0.05) is 29.8 Å². The highest BCUT2D eigenvalue weighted by Crippen LogP contribution is 2.36. The molecule has 0 fully saturated rings. The molecule has 0 aliphatic heterocycles. The number of benzene rings is 1. The number of hydrogen-bond acceptors (Lipinski definition) is 2. The summed E-state index contributed by atoms with van der Waals surface area (Å²) in [4.78, 5) is 15.2. The average Bonchev–Trinajstić information content (AvgIpc) is 2.66. The van der Waals surface area contributed by atoms with E-state index in [9.17, 15) is 4.79 Å². The van der Waals surface area contributed by atoms with Crippen LogP contribution in [0.1, 0.15) is 37.4 Å². The number of carbonyl (C=O) groups is 1. The Balaban J connectivity index is 2.49. The molecule has 0 saturated carbocycles. The van der Waals surface area contributed by atoms with Crippen molar-refractivity contribution in [3.05, 3.63) is 34.2 Å². The molecule has 0 N–H and O–H groups in total. The van der Waals surface area contributed by atoms with Crippen LogP contribution in [0.4, 0.5) is 0 Å². The lowest BCUT2D eigenvalue weighted by Gasteiger charge is -2.30. The van der Waals surface area contributed by atoms with E-state index in [1.165, 1.54) is 11.3 Å². The van der Waals surface area contributed by atoms with Gasteiger partial charge in [-0.25, -0.2) is 0 Å². The van der Waals surface area contributed by atoms with Gasteiger partial charge in [-0.05, 0) is 33.8 Å². The fraction of sp³-hybridized carbons (Fsp3) is 0.400. The Morgan fingerprint density at radius 2 is 1.74 bits per heavy atom. The molecule has 2 aromatic rings. The highest BCUT2D eigenvalue weighted by molar-refractivity contribution is 7.21. The molecule has 0 aliphatic carbocycles. The molecular formula is C15H18ClNOS. The van der Waals surface area contributed by atoms with E-state index in [0.717, 1.165) is 10.1 Å². The first kappa shape index (κ1) is 14.4. The van der Waals surface area contributed by atoms with Crippen LogP contribution >= 0.6 is 22.9 Å². The first-order valence-electron chi connectivity index (χ1n) is 6.43. The first-order valence-corrected chi connectivity index (χ1v) is 7.62. The Labute approximate surface area is 123 Å². The third kappa shape index (κ3) is 2.63. The van der Waals surface area contributed by atoms with Crippen molar-refractivity contribution in [2.24, 2.45) is 0 Å². The van der Waals surface area contributed by atoms with E-state index in [0.29, 0.717) is 9.90 Å². The van der Waals surface area contributed by atoms with E-state index in [2.05, 4.69) is 0 Å². The summed E-state index contributed by atoms with van der Waals surface area (Å²) in [6.45, 7) is 8.11. The quantitative estimate of drug-likeness (QED) is 0.795. The van der Waals surface area contributed by atoms with Crippen LogP contribution < -0.4 is 0 Å². The van der Waals surface area contributed by atoms with E-state index in [1.807, 2.05) is 56.9 Å². The van der Waals surface area contributed by atoms with Crippen LogP contribution in [0.5, 0.6) is 0 Å². The molecule has 0 bridgehead atoms. The summed E-state index contributed by atoms with van der Waals surface area (Å²) in [6.07, 6.45) is 0. The fourth-order valence-electron chi connectivity index (χ4n) is 2.33. The van der Waals surface area contributed by atoms with E-state index in [-0.39, 0.29) is 18.0 Å². The summed E-state index contributed by atoms with van der Waals surface area (Å²) in [5, 5.41) is 1.54. The van der Waals surface area contributed by atoms with Crippen LogP contribution in [-0.4, -0.2) is 22.9 Å². The fourth-order valence-corrected chi connectivity index (χ4v) is 3.79. The molecule has 1 amide bonds. The van der Waals surface area contributed by atoms with Crippen molar-refractivity contribution in [2.45, 2.75) is 39.8 Å². The minimum absolute atomic E-state index is 0.0243. The molecule has 19 heavy (non-hydrogen) atoms. The Hall–Kier alpha value is -1.06. The molecule has 2 nitrogen and oxygen atoms in total. The predicted molar refractivity (Wildman–Crippen MR) is 83.3 cm³/mol. The van der Waals surface area contributed by atoms with E-state index in [4.69, 9.17) is 11.6 Å². The monoisotopic (exact) mass is 295 g/mol. The number of halogens is 1. The second-order valence-electron chi connectivity index (χ2n) is 5.14. The van der Waals surface area contributed by atoms with E-state index >= 15 is 0 Å². The van der Waals surface area contributed by atoms with Gasteiger partial charge in [-0.3, -0.25) is 4.79 Å². The standard InChI is InChI=1S/C15H18ClNOS/c1-9(2)17(10(3)4)15(18)14-13(16)11-7-5-6-8-12(11)19-14/h5-10H,1-4H3. The highest BCUT2D eigenvalue weighted by atomic mass is 35.5. The molecule has 0 aliphatic rings. The van der Waals surface area contributed by atoms with Crippen molar-refractivity contribution in [3.63, 3.8) is 0 Å². The lowest BCUT2D eigenvalue weighted by Crippen LogP contribution is -2.41. The topological polar surface area (TPSA) is 20.3 Å². The summed E-state index contributed by atoms with van der Waals surface area (Å²) in [7, 11) is 0. The molecule has 0 spiro atoms. The van der Waals surface area contributed by atoms with Gasteiger partial charge >= 0.3 is 0 Å². The van der Waals surface area contributed by atoms with Crippen molar-refractivity contribution < 1.29 is 4.79 Å². The Kier molecular flexibility index (Phi) is 4.16. The SMILES string of the molecule is CC(C)N(C(=O)c1sc2ccccc2c1Cl)C(C)C. The van der Waals surface area contributed by atoms with Gasteiger partial charge in [0.15, 0.2) is 0 Å². The maximum absolute atomic E-state index is 12.7. The predicted octanol–water partition coefficient (Wildman–Crippen LogP) is 4.81. The number of carbonyl (C=O) groups excluding carboxylic acids is 1. The van der Waals surface area contributed by atoms with Crippen LogP contribution in [0.3, 0.4) is 0 Å². The average molecular weight is 296 g/mol. The molecule has 102 valence electrons. The summed E-state index contributed by atoms with van der Waals surface area (Å²) in [5.74, 6) is 0.0243. The van der Waals surface area contributed by atoms with Crippen molar-refractivity contribution in [3.8, 4) is 0 Å². The van der Waals surface area contributed by atoms with Gasteiger partial charge in [-0.15, -0.1) is 11.3 Å². The number of hydrogen-bond donors (Lipinski definition) is 0. The Morgan fingerprint density at radius 3 is 2.26 bits per heavy atom. The third-order valence-electron chi connectivity index (χ3n) is 3.08. The molecule has 1 aromatic carbocycles. The van der Waals surface area contributed by atoms with Gasteiger partial charge in [0.05, 0.1) is 5.02 Å². The number of thiophene rings is 1. The summed E-state index contributed by atoms with van der Waals surface area (Å²) >= 11 is 7.84. The maximum Gasteiger partial charge on any atom is 0.265 e. The molecule has 0 radical (unpaired) electrons. The molecule has 0 saturated heterocycles. The van der Waals surface area contributed by atoms with Crippen LogP contribution in [0.2, 0.25) is 5.02 Å². The van der Waals surface area contributed by atoms with Crippen molar-refractivity contribution in [2.75, 3.05) is 0 Å². The molecule has 0 atom stereocenters. The molecule has 4 heteroatoms. The number of rotatable bonds is 3. The van der Waals surface area contributed by atoms with Crippen LogP contribution in [0.25, 0.3) is 10.1 Å². The molecule has 2 rings (SSSR count). The Bertz CT molecular complexity index is 595. The molecular weight excluding hydrogens is 278 g/mol. The largest absolute Gasteiger partial charge is 0.333 e. The van der Waals surface area contributed by atoms with Gasteiger partial charge in [-0.2, -0.15) is 0 Å². The second kappa shape index (κ2) is 5.51. The lowest BCUT2D eigenvalue weighted by atomic mass is 10.2. The zero-order valence-electron chi connectivity index (χ0n) is 11.6. The van der Waals surface area contributed by atoms with E-state index < -0.39 is 0 Å². The Morgan fingerprint density at radius 1 is 1.16 bits per heavy atom. The summed E-state index contributed by atoms with van der Waals surface area (Å²) < 4.78 is 1.06. The zero-order chi connectivity index (χ0) is 14.2. The summed E-state index contributed by atoms with van der Waals surface area (Å²) in [6, 6.07) is 8.18. The second-order valence-corrected chi connectivity index (χ2v) is 6.57. The molecule has 1 aromatic heterocycles. The maximum atomic E-state index is 12.7. The normalized spacial score (nSPS) is 11.5. The number of nitrogens with zero attached hydrogens (tertiary/aromatic N) is 1. The van der Waals surface area contributed by atoms with Crippen molar-refractivity contribution in [1.82, 2.24) is 4.90 Å². The van der Waals surface area contributed by atoms with Crippen molar-refractivity contribution in [1.29, 1.82) is 0 Å². The van der Waals surface area contributed by atoms with Gasteiger partial charge in [0.25, 0.3) is 5.91 Å². The first-order chi connectivity index (χ1) is 8.93. The summed E-state index contributed by atoms with van der Waals surface area (Å²) in [5.41, 5.74) is 0. The van der Waals surface area contributed by atoms with Crippen LogP contribution in [0, 0.1) is 0 Å². The smallest absolute Gasteiger partial charge is 0.265 e. The van der Waals surface area contributed by atoms with Crippen LogP contribution in [0.15, 0.2) is 24.3 Å². The minimum atomic E-state index is 0.0243.